The fourth-order valence-corrected chi connectivity index (χ4v) is 2.97. The number of carbonyl (C=O) groups excluding carboxylic acids is 1. The maximum absolute atomic E-state index is 11.5. The molecule has 4 nitrogen and oxygen atoms in total. The molecule has 0 aliphatic heterocycles. The third-order valence-electron chi connectivity index (χ3n) is 2.79. The second-order valence-corrected chi connectivity index (χ2v) is 4.86. The van der Waals surface area contributed by atoms with Gasteiger partial charge in [0.05, 0.1) is 18.7 Å². The lowest BCUT2D eigenvalue weighted by molar-refractivity contribution is 0.151. The number of nitrogens with one attached hydrogen (secondary N) is 2. The van der Waals surface area contributed by atoms with Gasteiger partial charge in [0.15, 0.2) is 0 Å². The summed E-state index contributed by atoms with van der Waals surface area (Å²) in [4.78, 5) is 12.5. The van der Waals surface area contributed by atoms with Gasteiger partial charge in [-0.3, -0.25) is 0 Å². The van der Waals surface area contributed by atoms with E-state index in [0.29, 0.717) is 6.42 Å². The van der Waals surface area contributed by atoms with Gasteiger partial charge in [0.25, 0.3) is 0 Å². The van der Waals surface area contributed by atoms with Crippen LogP contribution in [0.25, 0.3) is 0 Å². The molecule has 0 saturated heterocycles. The summed E-state index contributed by atoms with van der Waals surface area (Å²) in [7, 11) is 0. The number of hydrogen-bond acceptors (Lipinski definition) is 3. The second-order valence-electron chi connectivity index (χ2n) is 3.92. The smallest absolute Gasteiger partial charge is 0.316 e. The molecule has 1 heterocycles. The van der Waals surface area contributed by atoms with E-state index in [1.165, 1.54) is 11.3 Å². The molecule has 2 rings (SSSR count). The Morgan fingerprint density at radius 2 is 2.47 bits per heavy atom. The summed E-state index contributed by atoms with van der Waals surface area (Å²) in [5.41, 5.74) is 1.02. The summed E-state index contributed by atoms with van der Waals surface area (Å²) < 4.78 is 0. The summed E-state index contributed by atoms with van der Waals surface area (Å²) in [6, 6.07) is 1.66. The zero-order valence-corrected chi connectivity index (χ0v) is 10.1. The molecule has 90 valence electrons. The molecule has 0 fully saturated rings. The van der Waals surface area contributed by atoms with Crippen molar-refractivity contribution in [1.29, 1.82) is 0 Å². The number of fused-ring (bicyclic) bond motifs is 1. The highest BCUT2D eigenvalue weighted by Gasteiger charge is 2.27. The Morgan fingerprint density at radius 1 is 1.65 bits per heavy atom. The average Bonchev–Trinajstić information content (AvgIpc) is 2.80. The molecule has 2 atom stereocenters. The SMILES string of the molecule is C#CCNC(=O)N[C@@H]1CC[C@H](O)c2sccc21. The minimum atomic E-state index is -0.392. The molecule has 1 aromatic rings. The Bertz CT molecular complexity index is 450. The number of urea groups is 1. The number of carbonyl (C=O) groups is 1. The first-order valence-corrected chi connectivity index (χ1v) is 6.33. The van der Waals surface area contributed by atoms with E-state index in [-0.39, 0.29) is 18.6 Å². The van der Waals surface area contributed by atoms with Crippen molar-refractivity contribution in [3.63, 3.8) is 0 Å². The Morgan fingerprint density at radius 3 is 3.24 bits per heavy atom. The summed E-state index contributed by atoms with van der Waals surface area (Å²) >= 11 is 1.53. The maximum Gasteiger partial charge on any atom is 0.316 e. The van der Waals surface area contributed by atoms with Crippen molar-refractivity contribution in [3.8, 4) is 12.3 Å². The molecule has 2 amide bonds. The molecule has 1 aliphatic carbocycles. The van der Waals surface area contributed by atoms with Crippen molar-refractivity contribution < 1.29 is 9.90 Å². The van der Waals surface area contributed by atoms with Gasteiger partial charge >= 0.3 is 6.03 Å². The van der Waals surface area contributed by atoms with E-state index in [9.17, 15) is 9.90 Å². The van der Waals surface area contributed by atoms with Gasteiger partial charge < -0.3 is 15.7 Å². The van der Waals surface area contributed by atoms with E-state index >= 15 is 0 Å². The van der Waals surface area contributed by atoms with Gasteiger partial charge in [-0.15, -0.1) is 17.8 Å². The summed E-state index contributed by atoms with van der Waals surface area (Å²) in [5.74, 6) is 2.35. The minimum Gasteiger partial charge on any atom is -0.388 e. The Balaban J connectivity index is 2.03. The van der Waals surface area contributed by atoms with Crippen LogP contribution in [0, 0.1) is 12.3 Å². The first kappa shape index (κ1) is 12.0. The number of rotatable bonds is 2. The number of hydrogen-bond donors (Lipinski definition) is 3. The summed E-state index contributed by atoms with van der Waals surface area (Å²) in [5, 5.41) is 17.2. The van der Waals surface area contributed by atoms with Gasteiger partial charge in [0.2, 0.25) is 0 Å². The van der Waals surface area contributed by atoms with Crippen molar-refractivity contribution in [2.75, 3.05) is 6.54 Å². The Kier molecular flexibility index (Phi) is 3.67. The van der Waals surface area contributed by atoms with Gasteiger partial charge in [-0.25, -0.2) is 4.79 Å². The van der Waals surface area contributed by atoms with Gasteiger partial charge in [-0.2, -0.15) is 0 Å². The summed E-state index contributed by atoms with van der Waals surface area (Å²) in [6.07, 6.45) is 6.09. The van der Waals surface area contributed by atoms with Crippen LogP contribution in [-0.2, 0) is 0 Å². The Labute approximate surface area is 104 Å². The predicted molar refractivity (Wildman–Crippen MR) is 66.6 cm³/mol. The van der Waals surface area contributed by atoms with Crippen LogP contribution in [0.4, 0.5) is 4.79 Å². The third kappa shape index (κ3) is 2.60. The lowest BCUT2D eigenvalue weighted by Gasteiger charge is -2.26. The van der Waals surface area contributed by atoms with E-state index in [1.807, 2.05) is 11.4 Å². The highest BCUT2D eigenvalue weighted by molar-refractivity contribution is 7.10. The van der Waals surface area contributed by atoms with Gasteiger partial charge in [0.1, 0.15) is 0 Å². The topological polar surface area (TPSA) is 61.4 Å². The number of amides is 2. The van der Waals surface area contributed by atoms with Gasteiger partial charge in [0, 0.05) is 4.88 Å². The molecular formula is C12H14N2O2S. The van der Waals surface area contributed by atoms with Crippen LogP contribution in [0.2, 0.25) is 0 Å². The molecule has 1 aromatic heterocycles. The third-order valence-corrected chi connectivity index (χ3v) is 3.82. The molecule has 0 unspecified atom stereocenters. The number of aliphatic hydroxyl groups excluding tert-OH is 1. The molecule has 0 aromatic carbocycles. The van der Waals surface area contributed by atoms with Crippen molar-refractivity contribution in [1.82, 2.24) is 10.6 Å². The normalized spacial score (nSPS) is 22.4. The molecule has 0 radical (unpaired) electrons. The van der Waals surface area contributed by atoms with Crippen molar-refractivity contribution >= 4 is 17.4 Å². The molecular weight excluding hydrogens is 236 g/mol. The van der Waals surface area contributed by atoms with Crippen molar-refractivity contribution in [2.45, 2.75) is 25.0 Å². The second kappa shape index (κ2) is 5.21. The average molecular weight is 250 g/mol. The van der Waals surface area contributed by atoms with Crippen LogP contribution in [0.15, 0.2) is 11.4 Å². The molecule has 0 spiro atoms. The van der Waals surface area contributed by atoms with E-state index in [4.69, 9.17) is 6.42 Å². The van der Waals surface area contributed by atoms with E-state index in [2.05, 4.69) is 16.6 Å². The quantitative estimate of drug-likeness (QED) is 0.697. The zero-order chi connectivity index (χ0) is 12.3. The highest BCUT2D eigenvalue weighted by Crippen LogP contribution is 2.39. The number of aliphatic hydroxyl groups is 1. The maximum atomic E-state index is 11.5. The Hall–Kier alpha value is -1.51. The lowest BCUT2D eigenvalue weighted by atomic mass is 9.92. The monoisotopic (exact) mass is 250 g/mol. The first-order valence-electron chi connectivity index (χ1n) is 5.45. The molecule has 1 aliphatic rings. The van der Waals surface area contributed by atoms with E-state index in [0.717, 1.165) is 16.9 Å². The van der Waals surface area contributed by atoms with Crippen molar-refractivity contribution in [2.24, 2.45) is 0 Å². The fourth-order valence-electron chi connectivity index (χ4n) is 1.99. The fraction of sp³-hybridized carbons (Fsp3) is 0.417. The molecule has 3 N–H and O–H groups in total. The standard InChI is InChI=1S/C12H14N2O2S/c1-2-6-13-12(16)14-9-3-4-10(15)11-8(9)5-7-17-11/h1,5,7,9-10,15H,3-4,6H2,(H2,13,14,16)/t9-,10+/m1/s1. The van der Waals surface area contributed by atoms with Crippen LogP contribution in [0.3, 0.4) is 0 Å². The molecule has 0 bridgehead atoms. The molecule has 0 saturated carbocycles. The van der Waals surface area contributed by atoms with Crippen LogP contribution in [-0.4, -0.2) is 17.7 Å². The number of thiophene rings is 1. The first-order chi connectivity index (χ1) is 8.22. The van der Waals surface area contributed by atoms with Crippen LogP contribution >= 0.6 is 11.3 Å². The predicted octanol–water partition coefficient (Wildman–Crippen LogP) is 1.55. The van der Waals surface area contributed by atoms with Crippen LogP contribution < -0.4 is 10.6 Å². The molecule has 17 heavy (non-hydrogen) atoms. The van der Waals surface area contributed by atoms with Crippen LogP contribution in [0.5, 0.6) is 0 Å². The van der Waals surface area contributed by atoms with E-state index in [1.54, 1.807) is 0 Å². The van der Waals surface area contributed by atoms with Crippen molar-refractivity contribution in [3.05, 3.63) is 21.9 Å². The number of terminal acetylenes is 1. The lowest BCUT2D eigenvalue weighted by Crippen LogP contribution is -2.39. The summed E-state index contributed by atoms with van der Waals surface area (Å²) in [6.45, 7) is 0.220. The highest BCUT2D eigenvalue weighted by atomic mass is 32.1. The van der Waals surface area contributed by atoms with Gasteiger partial charge in [-0.1, -0.05) is 5.92 Å². The van der Waals surface area contributed by atoms with E-state index < -0.39 is 6.10 Å². The zero-order valence-electron chi connectivity index (χ0n) is 9.27. The molecule has 5 heteroatoms. The largest absolute Gasteiger partial charge is 0.388 e. The van der Waals surface area contributed by atoms with Crippen LogP contribution in [0.1, 0.15) is 35.4 Å². The minimum absolute atomic E-state index is 0.0302. The van der Waals surface area contributed by atoms with Gasteiger partial charge in [-0.05, 0) is 29.9 Å².